The molecule has 1 aromatic rings. The molecular weight excluding hydrogens is 278 g/mol. The molecule has 1 aromatic heterocycles. The highest BCUT2D eigenvalue weighted by Crippen LogP contribution is 2.27. The number of aromatic nitrogens is 2. The average Bonchev–Trinajstić information content (AvgIpc) is 2.29. The summed E-state index contributed by atoms with van der Waals surface area (Å²) in [4.78, 5) is 9.90. The van der Waals surface area contributed by atoms with Crippen molar-refractivity contribution < 1.29 is 8.42 Å². The van der Waals surface area contributed by atoms with Crippen LogP contribution in [0.1, 0.15) is 6.92 Å². The molecule has 1 fully saturated rings. The van der Waals surface area contributed by atoms with E-state index in [1.54, 1.807) is 0 Å². The number of anilines is 2. The molecule has 18 heavy (non-hydrogen) atoms. The number of nitrogens with zero attached hydrogens (tertiary/aromatic N) is 3. The number of nitrogens with two attached hydrogens (primary N) is 1. The third kappa shape index (κ3) is 2.65. The number of sulfone groups is 1. The van der Waals surface area contributed by atoms with Gasteiger partial charge < -0.3 is 4.90 Å². The van der Waals surface area contributed by atoms with Gasteiger partial charge in [-0.15, -0.1) is 0 Å². The smallest absolute Gasteiger partial charge is 0.239 e. The number of rotatable bonds is 2. The number of hydrogen-bond donors (Lipinski definition) is 2. The van der Waals surface area contributed by atoms with Gasteiger partial charge in [0.05, 0.1) is 17.7 Å². The Hall–Kier alpha value is -1.12. The minimum absolute atomic E-state index is 0.0960. The minimum Gasteiger partial charge on any atom is -0.350 e. The lowest BCUT2D eigenvalue weighted by Crippen LogP contribution is -2.47. The Labute approximate surface area is 110 Å². The molecule has 9 heteroatoms. The molecule has 0 radical (unpaired) electrons. The molecule has 0 spiro atoms. The molecule has 3 N–H and O–H groups in total. The highest BCUT2D eigenvalue weighted by Gasteiger charge is 2.30. The first kappa shape index (κ1) is 13.3. The Balaban J connectivity index is 2.32. The van der Waals surface area contributed by atoms with Gasteiger partial charge in [0.1, 0.15) is 5.02 Å². The summed E-state index contributed by atoms with van der Waals surface area (Å²) in [7, 11) is -2.97. The molecule has 1 unspecified atom stereocenters. The van der Waals surface area contributed by atoms with Crippen molar-refractivity contribution in [3.05, 3.63) is 11.2 Å². The first-order valence-electron chi connectivity index (χ1n) is 5.39. The van der Waals surface area contributed by atoms with Gasteiger partial charge in [-0.1, -0.05) is 11.6 Å². The summed E-state index contributed by atoms with van der Waals surface area (Å²) in [5.41, 5.74) is 2.34. The molecule has 0 amide bonds. The van der Waals surface area contributed by atoms with E-state index in [0.29, 0.717) is 17.4 Å². The zero-order valence-electron chi connectivity index (χ0n) is 9.80. The third-order valence-electron chi connectivity index (χ3n) is 2.80. The molecule has 0 bridgehead atoms. The van der Waals surface area contributed by atoms with E-state index in [1.807, 2.05) is 11.8 Å². The summed E-state index contributed by atoms with van der Waals surface area (Å²) in [6.45, 7) is 2.19. The van der Waals surface area contributed by atoms with Crippen LogP contribution in [0.4, 0.5) is 11.8 Å². The Morgan fingerprint density at radius 1 is 1.61 bits per heavy atom. The van der Waals surface area contributed by atoms with E-state index in [1.165, 1.54) is 6.20 Å². The van der Waals surface area contributed by atoms with Crippen LogP contribution in [-0.4, -0.2) is 42.5 Å². The lowest BCUT2D eigenvalue weighted by atomic mass is 10.3. The van der Waals surface area contributed by atoms with Crippen molar-refractivity contribution in [3.8, 4) is 0 Å². The Morgan fingerprint density at radius 3 is 2.94 bits per heavy atom. The standard InChI is InChI=1S/C9H14ClN5O2S/c1-6-5-18(16,17)3-2-15(6)8-7(10)4-12-9(13-8)14-11/h4,6H,2-3,5,11H2,1H3,(H,12,13,14). The van der Waals surface area contributed by atoms with Gasteiger partial charge >= 0.3 is 0 Å². The maximum atomic E-state index is 11.5. The normalized spacial score (nSPS) is 22.8. The Bertz CT molecular complexity index is 550. The first-order chi connectivity index (χ1) is 8.43. The van der Waals surface area contributed by atoms with Gasteiger partial charge in [-0.05, 0) is 6.92 Å². The highest BCUT2D eigenvalue weighted by molar-refractivity contribution is 7.91. The first-order valence-corrected chi connectivity index (χ1v) is 7.59. The van der Waals surface area contributed by atoms with Gasteiger partial charge in [-0.25, -0.2) is 19.2 Å². The molecular formula is C9H14ClN5O2S. The minimum atomic E-state index is -2.97. The second-order valence-corrected chi connectivity index (χ2v) is 6.80. The summed E-state index contributed by atoms with van der Waals surface area (Å²) in [6, 6.07) is -0.179. The second kappa shape index (κ2) is 4.87. The fourth-order valence-corrected chi connectivity index (χ4v) is 3.70. The van der Waals surface area contributed by atoms with Gasteiger partial charge in [0, 0.05) is 12.6 Å². The lowest BCUT2D eigenvalue weighted by molar-refractivity contribution is 0.567. The average molecular weight is 292 g/mol. The highest BCUT2D eigenvalue weighted by atomic mass is 35.5. The Kier molecular flexibility index (Phi) is 3.60. The van der Waals surface area contributed by atoms with Gasteiger partial charge in [0.15, 0.2) is 15.7 Å². The predicted octanol–water partition coefficient (Wildman–Crippen LogP) is 0.0389. The third-order valence-corrected chi connectivity index (χ3v) is 4.86. The van der Waals surface area contributed by atoms with Crippen molar-refractivity contribution in [2.24, 2.45) is 5.84 Å². The van der Waals surface area contributed by atoms with E-state index in [4.69, 9.17) is 17.4 Å². The maximum Gasteiger partial charge on any atom is 0.239 e. The van der Waals surface area contributed by atoms with E-state index in [0.717, 1.165) is 0 Å². The molecule has 0 saturated carbocycles. The van der Waals surface area contributed by atoms with Crippen molar-refractivity contribution in [1.29, 1.82) is 0 Å². The van der Waals surface area contributed by atoms with Gasteiger partial charge in [0.2, 0.25) is 5.95 Å². The molecule has 1 aliphatic rings. The quantitative estimate of drug-likeness (QED) is 0.586. The van der Waals surface area contributed by atoms with Gasteiger partial charge in [0.25, 0.3) is 0 Å². The number of nitrogen functional groups attached to an aromatic ring is 1. The van der Waals surface area contributed by atoms with E-state index >= 15 is 0 Å². The number of hydrogen-bond acceptors (Lipinski definition) is 7. The largest absolute Gasteiger partial charge is 0.350 e. The second-order valence-electron chi connectivity index (χ2n) is 4.17. The van der Waals surface area contributed by atoms with E-state index in [-0.39, 0.29) is 23.5 Å². The molecule has 0 aromatic carbocycles. The number of halogens is 1. The van der Waals surface area contributed by atoms with Crippen molar-refractivity contribution in [3.63, 3.8) is 0 Å². The van der Waals surface area contributed by atoms with Crippen LogP contribution in [0.3, 0.4) is 0 Å². The summed E-state index contributed by atoms with van der Waals surface area (Å²) in [5, 5.41) is 0.375. The molecule has 1 aliphatic heterocycles. The van der Waals surface area contributed by atoms with Crippen molar-refractivity contribution in [2.45, 2.75) is 13.0 Å². The van der Waals surface area contributed by atoms with Crippen LogP contribution in [-0.2, 0) is 9.84 Å². The SMILES string of the molecule is CC1CS(=O)(=O)CCN1c1nc(NN)ncc1Cl. The molecule has 1 saturated heterocycles. The van der Waals surface area contributed by atoms with Crippen molar-refractivity contribution in [2.75, 3.05) is 28.4 Å². The summed E-state index contributed by atoms with van der Waals surface area (Å²) in [5.74, 6) is 6.19. The fourth-order valence-electron chi connectivity index (χ4n) is 1.94. The molecule has 1 atom stereocenters. The molecule has 0 aliphatic carbocycles. The topological polar surface area (TPSA) is 101 Å². The van der Waals surface area contributed by atoms with Gasteiger partial charge in [-0.3, -0.25) is 5.43 Å². The monoisotopic (exact) mass is 291 g/mol. The van der Waals surface area contributed by atoms with Gasteiger partial charge in [-0.2, -0.15) is 4.98 Å². The molecule has 100 valence electrons. The summed E-state index contributed by atoms with van der Waals surface area (Å²) < 4.78 is 23.0. The molecule has 7 nitrogen and oxygen atoms in total. The number of nitrogens with one attached hydrogen (secondary N) is 1. The van der Waals surface area contributed by atoms with E-state index in [9.17, 15) is 8.42 Å². The van der Waals surface area contributed by atoms with E-state index < -0.39 is 9.84 Å². The van der Waals surface area contributed by atoms with Crippen LogP contribution in [0.15, 0.2) is 6.20 Å². The van der Waals surface area contributed by atoms with E-state index in [2.05, 4.69) is 15.4 Å². The van der Waals surface area contributed by atoms with Crippen molar-refractivity contribution in [1.82, 2.24) is 9.97 Å². The van der Waals surface area contributed by atoms with Crippen LogP contribution in [0.2, 0.25) is 5.02 Å². The van der Waals surface area contributed by atoms with Crippen LogP contribution in [0.5, 0.6) is 0 Å². The zero-order valence-corrected chi connectivity index (χ0v) is 11.4. The van der Waals surface area contributed by atoms with Crippen LogP contribution < -0.4 is 16.2 Å². The van der Waals surface area contributed by atoms with Crippen LogP contribution in [0.25, 0.3) is 0 Å². The summed E-state index contributed by atoms with van der Waals surface area (Å²) in [6.07, 6.45) is 1.44. The maximum absolute atomic E-state index is 11.5. The number of hydrazine groups is 1. The van der Waals surface area contributed by atoms with Crippen LogP contribution >= 0.6 is 11.6 Å². The fraction of sp³-hybridized carbons (Fsp3) is 0.556. The van der Waals surface area contributed by atoms with Crippen LogP contribution in [0, 0.1) is 0 Å². The molecule has 2 rings (SSSR count). The zero-order chi connectivity index (χ0) is 13.3. The summed E-state index contributed by atoms with van der Waals surface area (Å²) >= 11 is 6.04. The Morgan fingerprint density at radius 2 is 2.33 bits per heavy atom. The lowest BCUT2D eigenvalue weighted by Gasteiger charge is -2.34. The predicted molar refractivity (Wildman–Crippen MR) is 70.3 cm³/mol. The van der Waals surface area contributed by atoms with Crippen molar-refractivity contribution >= 4 is 33.2 Å². The molecule has 2 heterocycles.